The molecule has 3 atom stereocenters. The van der Waals surface area contributed by atoms with E-state index in [2.05, 4.69) is 41.3 Å². The Morgan fingerprint density at radius 1 is 0.853 bits per heavy atom. The van der Waals surface area contributed by atoms with Gasteiger partial charge in [0.05, 0.1) is 11.5 Å². The second-order valence-electron chi connectivity index (χ2n) is 9.09. The summed E-state index contributed by atoms with van der Waals surface area (Å²) >= 11 is 0. The maximum Gasteiger partial charge on any atom is 0.243 e. The van der Waals surface area contributed by atoms with Gasteiger partial charge in [-0.05, 0) is 60.3 Å². The lowest BCUT2D eigenvalue weighted by molar-refractivity contribution is -0.0553. The summed E-state index contributed by atoms with van der Waals surface area (Å²) in [5.74, 6) is -0.416. The largest absolute Gasteiger partial charge is 0.395 e. The first kappa shape index (κ1) is 23.2. The molecule has 2 aliphatic heterocycles. The second-order valence-corrected chi connectivity index (χ2v) is 11.0. The molecule has 0 spiro atoms. The summed E-state index contributed by atoms with van der Waals surface area (Å²) in [6.45, 7) is 1.67. The molecule has 5 nitrogen and oxygen atoms in total. The van der Waals surface area contributed by atoms with Crippen LogP contribution in [0, 0.1) is 5.82 Å². The van der Waals surface area contributed by atoms with Crippen molar-refractivity contribution in [2.24, 2.45) is 0 Å². The summed E-state index contributed by atoms with van der Waals surface area (Å²) in [5, 5.41) is 10.2. The number of halogens is 1. The van der Waals surface area contributed by atoms with Crippen molar-refractivity contribution in [1.29, 1.82) is 0 Å². The number of fused-ring (bicyclic) bond motifs is 1. The van der Waals surface area contributed by atoms with Gasteiger partial charge in [0.1, 0.15) is 5.82 Å². The molecule has 0 aliphatic carbocycles. The summed E-state index contributed by atoms with van der Waals surface area (Å²) in [6, 6.07) is 23.5. The first-order chi connectivity index (χ1) is 16.5. The zero-order valence-electron chi connectivity index (χ0n) is 18.9. The molecular formula is C27H29FN2O3S. The highest BCUT2D eigenvalue weighted by Gasteiger charge is 2.50. The molecule has 7 heteroatoms. The Morgan fingerprint density at radius 2 is 1.50 bits per heavy atom. The molecule has 2 fully saturated rings. The van der Waals surface area contributed by atoms with Crippen LogP contribution in [0.5, 0.6) is 0 Å². The van der Waals surface area contributed by atoms with Crippen LogP contribution >= 0.6 is 0 Å². The van der Waals surface area contributed by atoms with E-state index in [4.69, 9.17) is 0 Å². The average Bonchev–Trinajstić information content (AvgIpc) is 2.84. The minimum absolute atomic E-state index is 0.0183. The van der Waals surface area contributed by atoms with Crippen molar-refractivity contribution in [3.05, 3.63) is 90.2 Å². The van der Waals surface area contributed by atoms with Crippen LogP contribution in [0.25, 0.3) is 11.1 Å². The number of hydrogen-bond donors (Lipinski definition) is 1. The van der Waals surface area contributed by atoms with Gasteiger partial charge in [-0.15, -0.1) is 0 Å². The van der Waals surface area contributed by atoms with Gasteiger partial charge < -0.3 is 5.11 Å². The van der Waals surface area contributed by atoms with Crippen molar-refractivity contribution in [3.63, 3.8) is 0 Å². The van der Waals surface area contributed by atoms with E-state index in [1.54, 1.807) is 0 Å². The molecule has 5 rings (SSSR count). The fraction of sp³-hybridized carbons (Fsp3) is 0.333. The van der Waals surface area contributed by atoms with Gasteiger partial charge >= 0.3 is 0 Å². The summed E-state index contributed by atoms with van der Waals surface area (Å²) in [6.07, 6.45) is 1.61. The van der Waals surface area contributed by atoms with Crippen LogP contribution in [0.2, 0.25) is 0 Å². The van der Waals surface area contributed by atoms with E-state index in [0.717, 1.165) is 36.1 Å². The Hall–Kier alpha value is -2.58. The van der Waals surface area contributed by atoms with E-state index in [1.165, 1.54) is 28.6 Å². The van der Waals surface area contributed by atoms with E-state index >= 15 is 0 Å². The number of hydrogen-bond acceptors (Lipinski definition) is 4. The lowest BCUT2D eigenvalue weighted by atomic mass is 9.74. The summed E-state index contributed by atoms with van der Waals surface area (Å²) < 4.78 is 41.7. The number of aliphatic hydroxyl groups is 1. The third kappa shape index (κ3) is 4.29. The van der Waals surface area contributed by atoms with Crippen LogP contribution in [0.4, 0.5) is 4.39 Å². The molecule has 0 aromatic heterocycles. The molecule has 0 unspecified atom stereocenters. The minimum Gasteiger partial charge on any atom is -0.395 e. The van der Waals surface area contributed by atoms with Gasteiger partial charge in [0.2, 0.25) is 10.0 Å². The summed E-state index contributed by atoms with van der Waals surface area (Å²) in [4.78, 5) is 2.37. The highest BCUT2D eigenvalue weighted by atomic mass is 32.2. The maximum atomic E-state index is 13.4. The number of aliphatic hydroxyl groups excluding tert-OH is 1. The number of nitrogens with zero attached hydrogens (tertiary/aromatic N) is 2. The minimum atomic E-state index is -3.74. The molecular weight excluding hydrogens is 451 g/mol. The molecule has 2 saturated heterocycles. The molecule has 0 saturated carbocycles. The van der Waals surface area contributed by atoms with Crippen LogP contribution in [0.1, 0.15) is 24.3 Å². The van der Waals surface area contributed by atoms with Crippen molar-refractivity contribution in [1.82, 2.24) is 9.21 Å². The molecule has 0 amide bonds. The number of rotatable bonds is 5. The molecule has 1 N–H and O–H groups in total. The third-order valence-corrected chi connectivity index (χ3v) is 9.07. The quantitative estimate of drug-likeness (QED) is 0.597. The third-order valence-electron chi connectivity index (χ3n) is 7.19. The predicted octanol–water partition coefficient (Wildman–Crippen LogP) is 4.11. The van der Waals surface area contributed by atoms with Crippen LogP contribution in [0.3, 0.4) is 0 Å². The van der Waals surface area contributed by atoms with Crippen molar-refractivity contribution in [3.8, 4) is 11.1 Å². The van der Waals surface area contributed by atoms with Gasteiger partial charge in [0.15, 0.2) is 0 Å². The maximum absolute atomic E-state index is 13.4. The molecule has 178 valence electrons. The molecule has 2 aliphatic rings. The van der Waals surface area contributed by atoms with E-state index < -0.39 is 15.8 Å². The Kier molecular flexibility index (Phi) is 6.53. The van der Waals surface area contributed by atoms with E-state index in [9.17, 15) is 17.9 Å². The standard InChI is InChI=1S/C27H29FN2O3S/c28-23-12-14-24(15-13-23)34(32,33)29-16-4-5-17-30-25(18-29)27(26(30)19-31)22-10-8-21(9-11-22)20-6-2-1-3-7-20/h1-3,6-15,25-27,31H,4-5,16-19H2/t25-,26-,27-/m0/s1. The van der Waals surface area contributed by atoms with Crippen LogP contribution in [-0.2, 0) is 10.0 Å². The number of benzene rings is 3. The van der Waals surface area contributed by atoms with Gasteiger partial charge in [-0.25, -0.2) is 12.8 Å². The normalized spacial score (nSPS) is 24.0. The first-order valence-corrected chi connectivity index (χ1v) is 13.2. The molecule has 0 bridgehead atoms. The van der Waals surface area contributed by atoms with E-state index in [1.807, 2.05) is 18.2 Å². The van der Waals surface area contributed by atoms with Crippen molar-refractivity contribution in [2.75, 3.05) is 26.2 Å². The second kappa shape index (κ2) is 9.58. The lowest BCUT2D eigenvalue weighted by Gasteiger charge is -2.57. The molecule has 3 aromatic rings. The summed E-state index contributed by atoms with van der Waals surface area (Å²) in [5.41, 5.74) is 3.38. The molecule has 2 heterocycles. The van der Waals surface area contributed by atoms with E-state index in [-0.39, 0.29) is 29.5 Å². The van der Waals surface area contributed by atoms with Gasteiger partial charge in [-0.1, -0.05) is 54.6 Å². The number of sulfonamides is 1. The predicted molar refractivity (Wildman–Crippen MR) is 130 cm³/mol. The fourth-order valence-corrected chi connectivity index (χ4v) is 6.91. The molecule has 34 heavy (non-hydrogen) atoms. The zero-order valence-corrected chi connectivity index (χ0v) is 19.7. The molecule has 3 aromatic carbocycles. The van der Waals surface area contributed by atoms with Gasteiger partial charge in [0.25, 0.3) is 0 Å². The monoisotopic (exact) mass is 480 g/mol. The van der Waals surface area contributed by atoms with Crippen molar-refractivity contribution >= 4 is 10.0 Å². The lowest BCUT2D eigenvalue weighted by Crippen LogP contribution is -2.67. The van der Waals surface area contributed by atoms with Crippen LogP contribution < -0.4 is 0 Å². The smallest absolute Gasteiger partial charge is 0.243 e. The Bertz CT molecular complexity index is 1220. The van der Waals surface area contributed by atoms with Crippen molar-refractivity contribution in [2.45, 2.75) is 35.7 Å². The van der Waals surface area contributed by atoms with E-state index in [0.29, 0.717) is 13.1 Å². The Labute approximate surface area is 200 Å². The van der Waals surface area contributed by atoms with Gasteiger partial charge in [-0.3, -0.25) is 4.90 Å². The highest BCUT2D eigenvalue weighted by Crippen LogP contribution is 2.43. The summed E-state index contributed by atoms with van der Waals surface area (Å²) in [7, 11) is -3.74. The Morgan fingerprint density at radius 3 is 2.18 bits per heavy atom. The zero-order chi connectivity index (χ0) is 23.7. The fourth-order valence-electron chi connectivity index (χ4n) is 5.41. The van der Waals surface area contributed by atoms with Crippen LogP contribution in [-0.4, -0.2) is 61.1 Å². The van der Waals surface area contributed by atoms with Gasteiger partial charge in [0, 0.05) is 31.1 Å². The molecule has 0 radical (unpaired) electrons. The SMILES string of the molecule is O=S(=O)(c1ccc(F)cc1)N1CCCCN2[C@@H](CO)[C@@H](c3ccc(-c4ccccc4)cc3)[C@@H]2C1. The van der Waals surface area contributed by atoms with Gasteiger partial charge in [-0.2, -0.15) is 4.31 Å². The van der Waals surface area contributed by atoms with Crippen LogP contribution in [0.15, 0.2) is 83.8 Å². The topological polar surface area (TPSA) is 60.9 Å². The average molecular weight is 481 g/mol. The van der Waals surface area contributed by atoms with Crippen molar-refractivity contribution < 1.29 is 17.9 Å². The Balaban J connectivity index is 1.42. The highest BCUT2D eigenvalue weighted by molar-refractivity contribution is 7.89. The first-order valence-electron chi connectivity index (χ1n) is 11.8.